The van der Waals surface area contributed by atoms with E-state index in [0.29, 0.717) is 11.7 Å². The van der Waals surface area contributed by atoms with E-state index in [0.717, 1.165) is 17.3 Å². The van der Waals surface area contributed by atoms with Gasteiger partial charge in [-0.1, -0.05) is 0 Å². The Balaban J connectivity index is 1.81. The number of esters is 1. The van der Waals surface area contributed by atoms with E-state index in [1.54, 1.807) is 12.3 Å². The Morgan fingerprint density at radius 2 is 2.00 bits per heavy atom. The number of halogens is 1. The van der Waals surface area contributed by atoms with E-state index in [1.807, 2.05) is 19.9 Å². The van der Waals surface area contributed by atoms with Crippen LogP contribution < -0.4 is 0 Å². The van der Waals surface area contributed by atoms with Gasteiger partial charge in [0.15, 0.2) is 5.82 Å². The van der Waals surface area contributed by atoms with Gasteiger partial charge in [-0.2, -0.15) is 4.99 Å². The second-order valence-electron chi connectivity index (χ2n) is 6.24. The minimum atomic E-state index is -0.635. The van der Waals surface area contributed by atoms with Gasteiger partial charge in [-0.3, -0.25) is 4.79 Å². The molecule has 6 heteroatoms. The van der Waals surface area contributed by atoms with Crippen molar-refractivity contribution in [3.05, 3.63) is 22.8 Å². The summed E-state index contributed by atoms with van der Waals surface area (Å²) in [4.78, 5) is 21.1. The lowest BCUT2D eigenvalue weighted by Crippen LogP contribution is -2.48. The Morgan fingerprint density at radius 1 is 1.29 bits per heavy atom. The first-order valence-electron chi connectivity index (χ1n) is 7.04. The largest absolute Gasteiger partial charge is 0.410 e. The van der Waals surface area contributed by atoms with E-state index in [4.69, 9.17) is 9.47 Å². The summed E-state index contributed by atoms with van der Waals surface area (Å²) in [6.45, 7) is 3.97. The monoisotopic (exact) mass is 350 g/mol. The first-order valence-corrected chi connectivity index (χ1v) is 7.84. The molecule has 3 aliphatic heterocycles. The topological polar surface area (TPSA) is 60.8 Å². The van der Waals surface area contributed by atoms with Crippen molar-refractivity contribution in [2.24, 2.45) is 15.8 Å². The number of carbonyl (C=O) groups is 1. The number of hydrogen-bond donors (Lipinski definition) is 0. The molecule has 0 spiro atoms. The fourth-order valence-corrected chi connectivity index (χ4v) is 4.07. The Bertz CT molecular complexity index is 659. The lowest BCUT2D eigenvalue weighted by atomic mass is 9.59. The molecular formula is C15H15BrN2O3. The number of carbonyl (C=O) groups excluding carboxylic acids is 1. The highest BCUT2D eigenvalue weighted by molar-refractivity contribution is 9.10. The zero-order chi connectivity index (χ0) is 14.8. The molecule has 0 unspecified atom stereocenters. The van der Waals surface area contributed by atoms with Crippen LogP contribution in [0.4, 0.5) is 5.82 Å². The number of rotatable bonds is 1. The van der Waals surface area contributed by atoms with Crippen LogP contribution in [0.2, 0.25) is 0 Å². The van der Waals surface area contributed by atoms with Gasteiger partial charge in [-0.25, -0.2) is 4.98 Å². The Hall–Kier alpha value is -1.27. The van der Waals surface area contributed by atoms with Crippen molar-refractivity contribution in [2.45, 2.75) is 38.9 Å². The van der Waals surface area contributed by atoms with E-state index in [9.17, 15) is 4.79 Å². The van der Waals surface area contributed by atoms with Gasteiger partial charge >= 0.3 is 5.97 Å². The summed E-state index contributed by atoms with van der Waals surface area (Å²) in [6, 6.07) is 3.65. The molecule has 110 valence electrons. The van der Waals surface area contributed by atoms with Crippen LogP contribution >= 0.6 is 15.9 Å². The number of ether oxygens (including phenoxy) is 2. The first kappa shape index (κ1) is 13.4. The predicted molar refractivity (Wildman–Crippen MR) is 79.2 cm³/mol. The predicted octanol–water partition coefficient (Wildman–Crippen LogP) is 3.00. The van der Waals surface area contributed by atoms with Crippen LogP contribution in [0.15, 0.2) is 27.8 Å². The number of aromatic nitrogens is 1. The average Bonchev–Trinajstić information content (AvgIpc) is 3.08. The maximum Gasteiger partial charge on any atom is 0.322 e. The molecule has 0 amide bonds. The van der Waals surface area contributed by atoms with Crippen molar-refractivity contribution in [1.29, 1.82) is 0 Å². The highest BCUT2D eigenvalue weighted by atomic mass is 79.9. The van der Waals surface area contributed by atoms with Gasteiger partial charge in [0.25, 0.3) is 0 Å². The Labute approximate surface area is 130 Å². The Morgan fingerprint density at radius 3 is 2.67 bits per heavy atom. The van der Waals surface area contributed by atoms with Gasteiger partial charge in [0.05, 0.1) is 17.6 Å². The SMILES string of the molecule is C[C@@]12C(=Nc3ccc(Br)cn3)OC(=O)[C@]1(C)[C@H]1CC[C@@H]2O1. The molecule has 0 aliphatic carbocycles. The van der Waals surface area contributed by atoms with E-state index in [1.165, 1.54) is 0 Å². The number of cyclic esters (lactones) is 1. The number of hydrogen-bond acceptors (Lipinski definition) is 5. The highest BCUT2D eigenvalue weighted by Crippen LogP contribution is 2.64. The summed E-state index contributed by atoms with van der Waals surface area (Å²) in [7, 11) is 0. The van der Waals surface area contributed by atoms with E-state index < -0.39 is 10.8 Å². The Kier molecular flexibility index (Phi) is 2.64. The van der Waals surface area contributed by atoms with Gasteiger partial charge in [0, 0.05) is 10.7 Å². The van der Waals surface area contributed by atoms with Crippen LogP contribution in [0.5, 0.6) is 0 Å². The van der Waals surface area contributed by atoms with Crippen LogP contribution in [-0.4, -0.2) is 29.1 Å². The van der Waals surface area contributed by atoms with Crippen molar-refractivity contribution in [1.82, 2.24) is 4.98 Å². The summed E-state index contributed by atoms with van der Waals surface area (Å²) in [5, 5.41) is 0. The highest BCUT2D eigenvalue weighted by Gasteiger charge is 2.75. The molecule has 4 heterocycles. The van der Waals surface area contributed by atoms with Crippen LogP contribution in [0, 0.1) is 10.8 Å². The number of aliphatic imine (C=N–C) groups is 1. The van der Waals surface area contributed by atoms with Crippen LogP contribution in [0.3, 0.4) is 0 Å². The first-order chi connectivity index (χ1) is 9.96. The summed E-state index contributed by atoms with van der Waals surface area (Å²) in [6.07, 6.45) is 3.46. The third-order valence-corrected chi connectivity index (χ3v) is 5.84. The molecule has 0 N–H and O–H groups in total. The maximum absolute atomic E-state index is 12.4. The van der Waals surface area contributed by atoms with E-state index in [2.05, 4.69) is 25.9 Å². The summed E-state index contributed by atoms with van der Waals surface area (Å²) in [5.74, 6) is 0.749. The number of pyridine rings is 1. The molecule has 0 radical (unpaired) electrons. The third-order valence-electron chi connectivity index (χ3n) is 5.37. The fourth-order valence-electron chi connectivity index (χ4n) is 3.84. The fraction of sp³-hybridized carbons (Fsp3) is 0.533. The molecule has 3 fully saturated rings. The maximum atomic E-state index is 12.4. The number of nitrogens with zero attached hydrogens (tertiary/aromatic N) is 2. The van der Waals surface area contributed by atoms with Gasteiger partial charge < -0.3 is 9.47 Å². The molecule has 3 saturated heterocycles. The molecule has 4 atom stereocenters. The minimum Gasteiger partial charge on any atom is -0.410 e. The quantitative estimate of drug-likeness (QED) is 0.730. The van der Waals surface area contributed by atoms with E-state index in [-0.39, 0.29) is 18.2 Å². The zero-order valence-corrected chi connectivity index (χ0v) is 13.4. The molecule has 21 heavy (non-hydrogen) atoms. The van der Waals surface area contributed by atoms with Crippen LogP contribution in [0.1, 0.15) is 26.7 Å². The van der Waals surface area contributed by atoms with Crippen molar-refractivity contribution < 1.29 is 14.3 Å². The summed E-state index contributed by atoms with van der Waals surface area (Å²) < 4.78 is 12.4. The normalized spacial score (nSPS) is 42.4. The van der Waals surface area contributed by atoms with Crippen molar-refractivity contribution in [3.63, 3.8) is 0 Å². The minimum absolute atomic E-state index is 0.00634. The molecule has 3 aliphatic rings. The van der Waals surface area contributed by atoms with Gasteiger partial charge in [-0.15, -0.1) is 0 Å². The van der Waals surface area contributed by atoms with Gasteiger partial charge in [0.1, 0.15) is 5.41 Å². The molecule has 4 rings (SSSR count). The molecule has 2 bridgehead atoms. The average molecular weight is 351 g/mol. The van der Waals surface area contributed by atoms with Crippen molar-refractivity contribution in [3.8, 4) is 0 Å². The molecule has 1 aromatic rings. The summed E-state index contributed by atoms with van der Waals surface area (Å²) in [5.41, 5.74) is -1.13. The lowest BCUT2D eigenvalue weighted by Gasteiger charge is -2.36. The molecule has 0 saturated carbocycles. The van der Waals surface area contributed by atoms with Gasteiger partial charge in [0.2, 0.25) is 5.90 Å². The molecular weight excluding hydrogens is 336 g/mol. The number of fused-ring (bicyclic) bond motifs is 5. The van der Waals surface area contributed by atoms with E-state index >= 15 is 0 Å². The molecule has 5 nitrogen and oxygen atoms in total. The standard InChI is InChI=1S/C15H15BrN2O3/c1-14-9-4-5-10(20-9)15(14,2)13(19)21-12(14)18-11-6-3-8(16)7-17-11/h3,6-7,9-10H,4-5H2,1-2H3/t9-,10+,14+,15-/m0/s1. The molecule has 0 aromatic carbocycles. The third kappa shape index (κ3) is 1.52. The second kappa shape index (κ2) is 4.14. The molecule has 1 aromatic heterocycles. The summed E-state index contributed by atoms with van der Waals surface area (Å²) >= 11 is 3.34. The zero-order valence-electron chi connectivity index (χ0n) is 11.8. The van der Waals surface area contributed by atoms with Crippen LogP contribution in [0.25, 0.3) is 0 Å². The van der Waals surface area contributed by atoms with Crippen LogP contribution in [-0.2, 0) is 14.3 Å². The van der Waals surface area contributed by atoms with Crippen molar-refractivity contribution >= 4 is 33.6 Å². The smallest absolute Gasteiger partial charge is 0.322 e. The lowest BCUT2D eigenvalue weighted by molar-refractivity contribution is -0.146. The second-order valence-corrected chi connectivity index (χ2v) is 7.15. The van der Waals surface area contributed by atoms with Gasteiger partial charge in [-0.05, 0) is 54.8 Å². The van der Waals surface area contributed by atoms with Crippen molar-refractivity contribution in [2.75, 3.05) is 0 Å².